The summed E-state index contributed by atoms with van der Waals surface area (Å²) in [6.07, 6.45) is 8.34. The van der Waals surface area contributed by atoms with E-state index in [1.54, 1.807) is 0 Å². The van der Waals surface area contributed by atoms with Crippen molar-refractivity contribution in [3.05, 3.63) is 34.9 Å². The molecule has 4 aliphatic carbocycles. The van der Waals surface area contributed by atoms with Gasteiger partial charge in [0.15, 0.2) is 5.11 Å². The third kappa shape index (κ3) is 3.40. The maximum atomic E-state index is 12.6. The van der Waals surface area contributed by atoms with Gasteiger partial charge in [0.25, 0.3) is 5.91 Å². The van der Waals surface area contributed by atoms with E-state index in [2.05, 4.69) is 23.6 Å². The highest BCUT2D eigenvalue weighted by molar-refractivity contribution is 7.80. The van der Waals surface area contributed by atoms with E-state index in [-0.39, 0.29) is 5.91 Å². The fourth-order valence-electron chi connectivity index (χ4n) is 6.37. The van der Waals surface area contributed by atoms with Crippen LogP contribution in [0.4, 0.5) is 0 Å². The molecule has 1 unspecified atom stereocenters. The standard InChI is InChI=1S/C22H30N2OS/c1-13-4-14(2)6-19(5-13)20(25)24-21(26)23-15(3)22-10-16-7-17(11-22)9-18(8-16)12-22/h4-6,15-18H,7-12H2,1-3H3,(H2,23,24,25,26). The average molecular weight is 371 g/mol. The number of hydrogen-bond donors (Lipinski definition) is 2. The maximum Gasteiger partial charge on any atom is 0.257 e. The number of rotatable bonds is 3. The first-order valence-electron chi connectivity index (χ1n) is 10.0. The topological polar surface area (TPSA) is 41.1 Å². The number of hydrogen-bond acceptors (Lipinski definition) is 2. The van der Waals surface area contributed by atoms with Crippen molar-refractivity contribution in [2.24, 2.45) is 23.2 Å². The average Bonchev–Trinajstić information content (AvgIpc) is 2.52. The van der Waals surface area contributed by atoms with Crippen LogP contribution in [0.2, 0.25) is 0 Å². The third-order valence-electron chi connectivity index (χ3n) is 7.06. The van der Waals surface area contributed by atoms with Gasteiger partial charge in [0.05, 0.1) is 0 Å². The summed E-state index contributed by atoms with van der Waals surface area (Å²) in [5.41, 5.74) is 3.24. The molecular formula is C22H30N2OS. The van der Waals surface area contributed by atoms with Crippen molar-refractivity contribution in [1.82, 2.24) is 10.6 Å². The van der Waals surface area contributed by atoms with E-state index in [1.807, 2.05) is 26.0 Å². The number of carbonyl (C=O) groups is 1. The highest BCUT2D eigenvalue weighted by atomic mass is 32.1. The molecule has 0 spiro atoms. The summed E-state index contributed by atoms with van der Waals surface area (Å²) in [5.74, 6) is 2.64. The van der Waals surface area contributed by atoms with Crippen molar-refractivity contribution >= 4 is 23.2 Å². The van der Waals surface area contributed by atoms with Gasteiger partial charge < -0.3 is 5.32 Å². The monoisotopic (exact) mass is 370 g/mol. The van der Waals surface area contributed by atoms with Crippen molar-refractivity contribution in [3.63, 3.8) is 0 Å². The molecule has 1 atom stereocenters. The van der Waals surface area contributed by atoms with Crippen molar-refractivity contribution in [2.75, 3.05) is 0 Å². The van der Waals surface area contributed by atoms with Crippen LogP contribution in [-0.4, -0.2) is 17.1 Å². The number of benzene rings is 1. The molecule has 1 amide bonds. The van der Waals surface area contributed by atoms with Gasteiger partial charge in [-0.1, -0.05) is 17.2 Å². The number of aryl methyl sites for hydroxylation is 2. The molecule has 0 radical (unpaired) electrons. The number of thiocarbonyl (C=S) groups is 1. The highest BCUT2D eigenvalue weighted by Crippen LogP contribution is 2.61. The normalized spacial score (nSPS) is 33.0. The Bertz CT molecular complexity index is 686. The Morgan fingerprint density at radius 3 is 2.04 bits per heavy atom. The van der Waals surface area contributed by atoms with E-state index < -0.39 is 0 Å². The van der Waals surface area contributed by atoms with Gasteiger partial charge in [0.2, 0.25) is 0 Å². The first kappa shape index (κ1) is 18.0. The van der Waals surface area contributed by atoms with Crippen LogP contribution in [-0.2, 0) is 0 Å². The molecule has 0 aromatic heterocycles. The molecule has 0 aliphatic heterocycles. The third-order valence-corrected chi connectivity index (χ3v) is 7.28. The number of carbonyl (C=O) groups excluding carboxylic acids is 1. The minimum absolute atomic E-state index is 0.119. The summed E-state index contributed by atoms with van der Waals surface area (Å²) in [7, 11) is 0. The minimum Gasteiger partial charge on any atom is -0.359 e. The fourth-order valence-corrected chi connectivity index (χ4v) is 6.64. The van der Waals surface area contributed by atoms with Gasteiger partial charge in [-0.15, -0.1) is 0 Å². The van der Waals surface area contributed by atoms with Crippen molar-refractivity contribution in [2.45, 2.75) is 65.3 Å². The molecular weight excluding hydrogens is 340 g/mol. The quantitative estimate of drug-likeness (QED) is 0.769. The lowest BCUT2D eigenvalue weighted by Crippen LogP contribution is -2.57. The summed E-state index contributed by atoms with van der Waals surface area (Å²) >= 11 is 5.48. The lowest BCUT2D eigenvalue weighted by Gasteiger charge is -2.59. The Morgan fingerprint density at radius 1 is 1.04 bits per heavy atom. The Balaban J connectivity index is 1.39. The zero-order valence-electron chi connectivity index (χ0n) is 16.1. The SMILES string of the molecule is Cc1cc(C)cc(C(=O)NC(=S)NC(C)C23CC4CC(CC(C4)C2)C3)c1. The highest BCUT2D eigenvalue weighted by Gasteiger charge is 2.53. The summed E-state index contributed by atoms with van der Waals surface area (Å²) < 4.78 is 0. The van der Waals surface area contributed by atoms with Crippen molar-refractivity contribution < 1.29 is 4.79 Å². The van der Waals surface area contributed by atoms with E-state index in [9.17, 15) is 4.79 Å². The summed E-state index contributed by atoms with van der Waals surface area (Å²) in [6, 6.07) is 6.21. The fraction of sp³-hybridized carbons (Fsp3) is 0.636. The lowest BCUT2D eigenvalue weighted by atomic mass is 9.48. The zero-order chi connectivity index (χ0) is 18.5. The largest absolute Gasteiger partial charge is 0.359 e. The van der Waals surface area contributed by atoms with Crippen LogP contribution >= 0.6 is 12.2 Å². The first-order valence-corrected chi connectivity index (χ1v) is 10.4. The Morgan fingerprint density at radius 2 is 1.54 bits per heavy atom. The molecule has 26 heavy (non-hydrogen) atoms. The second kappa shape index (κ2) is 6.63. The minimum atomic E-state index is -0.119. The van der Waals surface area contributed by atoms with Gasteiger partial charge >= 0.3 is 0 Å². The molecule has 2 N–H and O–H groups in total. The zero-order valence-corrected chi connectivity index (χ0v) is 16.9. The second-order valence-corrected chi connectivity index (χ2v) is 9.71. The molecule has 4 fully saturated rings. The lowest BCUT2D eigenvalue weighted by molar-refractivity contribution is -0.0672. The Kier molecular flexibility index (Phi) is 4.58. The van der Waals surface area contributed by atoms with Crippen LogP contribution < -0.4 is 10.6 Å². The second-order valence-electron chi connectivity index (χ2n) is 9.31. The van der Waals surface area contributed by atoms with Gasteiger partial charge in [-0.3, -0.25) is 10.1 Å². The summed E-state index contributed by atoms with van der Waals surface area (Å²) in [6.45, 7) is 6.29. The molecule has 0 heterocycles. The van der Waals surface area contributed by atoms with Crippen LogP contribution in [0.3, 0.4) is 0 Å². The molecule has 1 aromatic rings. The van der Waals surface area contributed by atoms with E-state index in [0.29, 0.717) is 22.1 Å². The number of nitrogens with one attached hydrogen (secondary N) is 2. The predicted molar refractivity (Wildman–Crippen MR) is 109 cm³/mol. The van der Waals surface area contributed by atoms with Crippen molar-refractivity contribution in [3.8, 4) is 0 Å². The van der Waals surface area contributed by atoms with E-state index in [4.69, 9.17) is 12.2 Å². The molecule has 5 rings (SSSR count). The summed E-state index contributed by atoms with van der Waals surface area (Å²) in [5, 5.41) is 6.83. The van der Waals surface area contributed by atoms with Crippen LogP contribution in [0.1, 0.15) is 66.9 Å². The van der Waals surface area contributed by atoms with E-state index in [0.717, 1.165) is 28.9 Å². The maximum absolute atomic E-state index is 12.6. The Labute approximate surface area is 162 Å². The van der Waals surface area contributed by atoms with Gasteiger partial charge in [-0.2, -0.15) is 0 Å². The number of amides is 1. The predicted octanol–water partition coefficient (Wildman–Crippen LogP) is 4.51. The van der Waals surface area contributed by atoms with Crippen LogP contribution in [0.25, 0.3) is 0 Å². The van der Waals surface area contributed by atoms with Crippen molar-refractivity contribution in [1.29, 1.82) is 0 Å². The van der Waals surface area contributed by atoms with E-state index >= 15 is 0 Å². The molecule has 0 saturated heterocycles. The Hall–Kier alpha value is -1.42. The van der Waals surface area contributed by atoms with Gasteiger partial charge in [0, 0.05) is 11.6 Å². The molecule has 4 saturated carbocycles. The molecule has 1 aromatic carbocycles. The van der Waals surface area contributed by atoms with E-state index in [1.165, 1.54) is 38.5 Å². The van der Waals surface area contributed by atoms with Crippen LogP contribution in [0.5, 0.6) is 0 Å². The smallest absolute Gasteiger partial charge is 0.257 e. The first-order chi connectivity index (χ1) is 12.3. The van der Waals surface area contributed by atoms with Crippen LogP contribution in [0.15, 0.2) is 18.2 Å². The molecule has 4 heteroatoms. The van der Waals surface area contributed by atoms with Gasteiger partial charge in [0.1, 0.15) is 0 Å². The molecule has 4 bridgehead atoms. The molecule has 3 nitrogen and oxygen atoms in total. The summed E-state index contributed by atoms with van der Waals surface area (Å²) in [4.78, 5) is 12.6. The van der Waals surface area contributed by atoms with Gasteiger partial charge in [-0.25, -0.2) is 0 Å². The molecule has 140 valence electrons. The van der Waals surface area contributed by atoms with Gasteiger partial charge in [-0.05, 0) is 107 Å². The van der Waals surface area contributed by atoms with Crippen LogP contribution in [0, 0.1) is 37.0 Å². The molecule has 4 aliphatic rings.